The summed E-state index contributed by atoms with van der Waals surface area (Å²) < 4.78 is 37.8. The fourth-order valence-corrected chi connectivity index (χ4v) is 3.83. The SMILES string of the molecule is CC1(N2C(=O)c3ccc(CNC(=O)c4ccc(C(F)(F)F)nc4)cc3C2=O)CCC(=O)NC1=O. The maximum absolute atomic E-state index is 13.0. The lowest BCUT2D eigenvalue weighted by molar-refractivity contribution is -0.142. The van der Waals surface area contributed by atoms with Gasteiger partial charge in [-0.3, -0.25) is 39.2 Å². The van der Waals surface area contributed by atoms with Crippen molar-refractivity contribution in [3.8, 4) is 0 Å². The number of aromatic nitrogens is 1. The third kappa shape index (κ3) is 3.91. The maximum atomic E-state index is 13.0. The van der Waals surface area contributed by atoms with Gasteiger partial charge in [0.25, 0.3) is 23.6 Å². The maximum Gasteiger partial charge on any atom is 0.433 e. The Morgan fingerprint density at radius 2 is 1.82 bits per heavy atom. The number of hydrogen-bond donors (Lipinski definition) is 2. The van der Waals surface area contributed by atoms with Crippen LogP contribution >= 0.6 is 0 Å². The van der Waals surface area contributed by atoms with Crippen molar-refractivity contribution in [1.82, 2.24) is 20.5 Å². The summed E-state index contributed by atoms with van der Waals surface area (Å²) in [6, 6.07) is 5.99. The van der Waals surface area contributed by atoms with Crippen LogP contribution in [0.5, 0.6) is 0 Å². The third-order valence-corrected chi connectivity index (χ3v) is 5.79. The molecule has 1 saturated heterocycles. The van der Waals surface area contributed by atoms with Gasteiger partial charge in [0.15, 0.2) is 0 Å². The van der Waals surface area contributed by atoms with Gasteiger partial charge < -0.3 is 5.32 Å². The molecule has 34 heavy (non-hydrogen) atoms. The lowest BCUT2D eigenvalue weighted by Gasteiger charge is -2.38. The van der Waals surface area contributed by atoms with Gasteiger partial charge in [0, 0.05) is 19.2 Å². The van der Waals surface area contributed by atoms with E-state index in [1.165, 1.54) is 25.1 Å². The Morgan fingerprint density at radius 1 is 1.12 bits per heavy atom. The summed E-state index contributed by atoms with van der Waals surface area (Å²) in [5, 5.41) is 4.66. The molecule has 176 valence electrons. The Balaban J connectivity index is 1.49. The first-order valence-electron chi connectivity index (χ1n) is 10.1. The molecule has 12 heteroatoms. The van der Waals surface area contributed by atoms with E-state index in [9.17, 15) is 37.1 Å². The Hall–Kier alpha value is -4.09. The largest absolute Gasteiger partial charge is 0.433 e. The molecule has 3 heterocycles. The fraction of sp³-hybridized carbons (Fsp3) is 0.273. The first-order valence-corrected chi connectivity index (χ1v) is 10.1. The van der Waals surface area contributed by atoms with Crippen molar-refractivity contribution in [2.75, 3.05) is 0 Å². The van der Waals surface area contributed by atoms with Crippen molar-refractivity contribution >= 4 is 29.5 Å². The van der Waals surface area contributed by atoms with E-state index >= 15 is 0 Å². The molecular formula is C22H17F3N4O5. The minimum Gasteiger partial charge on any atom is -0.348 e. The number of halogens is 3. The van der Waals surface area contributed by atoms with Gasteiger partial charge in [-0.2, -0.15) is 13.2 Å². The molecule has 2 aliphatic rings. The van der Waals surface area contributed by atoms with Crippen LogP contribution in [-0.2, 0) is 22.3 Å². The van der Waals surface area contributed by atoms with Crippen molar-refractivity contribution in [3.05, 3.63) is 64.5 Å². The van der Waals surface area contributed by atoms with Gasteiger partial charge in [0.1, 0.15) is 11.2 Å². The van der Waals surface area contributed by atoms with Crippen molar-refractivity contribution in [3.63, 3.8) is 0 Å². The number of pyridine rings is 1. The van der Waals surface area contributed by atoms with Crippen molar-refractivity contribution in [1.29, 1.82) is 0 Å². The molecule has 0 bridgehead atoms. The molecule has 0 radical (unpaired) electrons. The number of piperidine rings is 1. The number of benzene rings is 1. The molecule has 1 fully saturated rings. The van der Waals surface area contributed by atoms with Crippen molar-refractivity contribution in [2.24, 2.45) is 0 Å². The molecule has 4 rings (SSSR count). The van der Waals surface area contributed by atoms with Crippen LogP contribution in [0.3, 0.4) is 0 Å². The summed E-state index contributed by atoms with van der Waals surface area (Å²) in [6.45, 7) is 1.33. The van der Waals surface area contributed by atoms with Crippen molar-refractivity contribution in [2.45, 2.75) is 38.0 Å². The molecule has 1 aromatic heterocycles. The smallest absolute Gasteiger partial charge is 0.348 e. The Labute approximate surface area is 190 Å². The molecule has 2 aliphatic heterocycles. The summed E-state index contributed by atoms with van der Waals surface area (Å²) in [7, 11) is 0. The lowest BCUT2D eigenvalue weighted by atomic mass is 9.89. The molecule has 5 amide bonds. The molecule has 1 unspecified atom stereocenters. The molecule has 0 saturated carbocycles. The average molecular weight is 474 g/mol. The predicted octanol–water partition coefficient (Wildman–Crippen LogP) is 1.82. The standard InChI is InChI=1S/C22H17F3N4O5/c1-21(7-6-16(30)28-20(21)34)29-18(32)13-4-2-11(8-14(13)19(29)33)9-27-17(31)12-3-5-15(26-10-12)22(23,24)25/h2-5,8,10H,6-7,9H2,1H3,(H,27,31)(H,28,30,34). The molecule has 1 atom stereocenters. The van der Waals surface area contributed by atoms with Gasteiger partial charge in [-0.1, -0.05) is 6.07 Å². The van der Waals surface area contributed by atoms with Crippen LogP contribution in [0.4, 0.5) is 13.2 Å². The summed E-state index contributed by atoms with van der Waals surface area (Å²) in [4.78, 5) is 66.1. The number of amides is 5. The Morgan fingerprint density at radius 3 is 2.44 bits per heavy atom. The second-order valence-electron chi connectivity index (χ2n) is 8.09. The highest BCUT2D eigenvalue weighted by Gasteiger charge is 2.52. The Kier molecular flexibility index (Phi) is 5.46. The molecule has 2 aromatic rings. The summed E-state index contributed by atoms with van der Waals surface area (Å²) in [5.74, 6) is -3.27. The number of nitrogens with one attached hydrogen (secondary N) is 2. The van der Waals surface area contributed by atoms with Crippen molar-refractivity contribution < 1.29 is 37.1 Å². The fourth-order valence-electron chi connectivity index (χ4n) is 3.83. The summed E-state index contributed by atoms with van der Waals surface area (Å²) in [5.41, 5.74) is -2.16. The molecule has 1 aromatic carbocycles. The third-order valence-electron chi connectivity index (χ3n) is 5.79. The van der Waals surface area contributed by atoms with E-state index in [0.29, 0.717) is 11.6 Å². The van der Waals surface area contributed by atoms with Crippen LogP contribution in [0, 0.1) is 0 Å². The first-order chi connectivity index (χ1) is 15.9. The average Bonchev–Trinajstić information content (AvgIpc) is 3.04. The van der Waals surface area contributed by atoms with E-state index in [0.717, 1.165) is 17.2 Å². The molecule has 0 spiro atoms. The van der Waals surface area contributed by atoms with Crippen LogP contribution < -0.4 is 10.6 Å². The minimum absolute atomic E-state index is 0.00673. The highest BCUT2D eigenvalue weighted by Crippen LogP contribution is 2.34. The van der Waals surface area contributed by atoms with E-state index < -0.39 is 46.9 Å². The predicted molar refractivity (Wildman–Crippen MR) is 108 cm³/mol. The van der Waals surface area contributed by atoms with Gasteiger partial charge in [-0.25, -0.2) is 0 Å². The second-order valence-corrected chi connectivity index (χ2v) is 8.09. The monoisotopic (exact) mass is 474 g/mol. The second kappa shape index (κ2) is 8.04. The van der Waals surface area contributed by atoms with Gasteiger partial charge >= 0.3 is 6.18 Å². The highest BCUT2D eigenvalue weighted by atomic mass is 19.4. The normalized spacial score (nSPS) is 20.3. The number of nitrogens with zero attached hydrogens (tertiary/aromatic N) is 2. The van der Waals surface area contributed by atoms with Crippen LogP contribution in [0.25, 0.3) is 0 Å². The van der Waals surface area contributed by atoms with Crippen LogP contribution in [0.2, 0.25) is 0 Å². The van der Waals surface area contributed by atoms with Gasteiger partial charge in [0.05, 0.1) is 16.7 Å². The first kappa shape index (κ1) is 23.1. The number of rotatable bonds is 4. The Bertz CT molecular complexity index is 1240. The topological polar surface area (TPSA) is 126 Å². The molecule has 2 N–H and O–H groups in total. The van der Waals surface area contributed by atoms with E-state index in [1.807, 2.05) is 0 Å². The zero-order chi connectivity index (χ0) is 24.8. The van der Waals surface area contributed by atoms with Gasteiger partial charge in [-0.15, -0.1) is 0 Å². The van der Waals surface area contributed by atoms with Gasteiger partial charge in [-0.05, 0) is 43.2 Å². The zero-order valence-electron chi connectivity index (χ0n) is 17.7. The quantitative estimate of drug-likeness (QED) is 0.652. The number of alkyl halides is 3. The number of fused-ring (bicyclic) bond motifs is 1. The number of carbonyl (C=O) groups is 5. The van der Waals surface area contributed by atoms with E-state index in [4.69, 9.17) is 0 Å². The number of hydrogen-bond acceptors (Lipinski definition) is 6. The van der Waals surface area contributed by atoms with Crippen LogP contribution in [0.1, 0.15) is 62.1 Å². The number of carbonyl (C=O) groups excluding carboxylic acids is 5. The summed E-state index contributed by atoms with van der Waals surface area (Å²) in [6.07, 6.45) is -3.84. The molecular weight excluding hydrogens is 457 g/mol. The zero-order valence-corrected chi connectivity index (χ0v) is 17.7. The van der Waals surface area contributed by atoms with Gasteiger partial charge in [0.2, 0.25) is 5.91 Å². The molecule has 0 aliphatic carbocycles. The van der Waals surface area contributed by atoms with Crippen LogP contribution in [0.15, 0.2) is 36.5 Å². The van der Waals surface area contributed by atoms with E-state index in [-0.39, 0.29) is 36.1 Å². The molecule has 9 nitrogen and oxygen atoms in total. The minimum atomic E-state index is -4.62. The summed E-state index contributed by atoms with van der Waals surface area (Å²) >= 11 is 0. The number of imide groups is 2. The lowest BCUT2D eigenvalue weighted by Crippen LogP contribution is -2.62. The highest BCUT2D eigenvalue weighted by molar-refractivity contribution is 6.24. The van der Waals surface area contributed by atoms with E-state index in [2.05, 4.69) is 15.6 Å². The van der Waals surface area contributed by atoms with E-state index in [1.54, 1.807) is 0 Å². The van der Waals surface area contributed by atoms with Crippen LogP contribution in [-0.4, -0.2) is 45.0 Å².